The van der Waals surface area contributed by atoms with Gasteiger partial charge in [0, 0.05) is 18.4 Å². The Labute approximate surface area is 119 Å². The van der Waals surface area contributed by atoms with E-state index in [2.05, 4.69) is 5.32 Å². The smallest absolute Gasteiger partial charge is 0.224 e. The summed E-state index contributed by atoms with van der Waals surface area (Å²) in [6.07, 6.45) is 0.0415. The van der Waals surface area contributed by atoms with E-state index in [9.17, 15) is 9.90 Å². The maximum Gasteiger partial charge on any atom is 0.224 e. The first-order valence-corrected chi connectivity index (χ1v) is 6.32. The van der Waals surface area contributed by atoms with Gasteiger partial charge in [0.05, 0.1) is 12.1 Å². The third kappa shape index (κ3) is 3.26. The van der Waals surface area contributed by atoms with Crippen LogP contribution in [0.1, 0.15) is 31.0 Å². The summed E-state index contributed by atoms with van der Waals surface area (Å²) in [5.41, 5.74) is 7.83. The molecule has 0 spiro atoms. The third-order valence-electron chi connectivity index (χ3n) is 3.70. The molecule has 0 saturated carbocycles. The number of amides is 1. The number of fused-ring (bicyclic) bond motifs is 1. The van der Waals surface area contributed by atoms with E-state index in [0.717, 1.165) is 11.1 Å². The van der Waals surface area contributed by atoms with E-state index in [1.54, 1.807) is 6.92 Å². The van der Waals surface area contributed by atoms with Crippen molar-refractivity contribution in [2.24, 2.45) is 11.7 Å². The van der Waals surface area contributed by atoms with Crippen molar-refractivity contribution >= 4 is 18.3 Å². The van der Waals surface area contributed by atoms with Crippen LogP contribution in [0.5, 0.6) is 0 Å². The van der Waals surface area contributed by atoms with Crippen LogP contribution in [0.15, 0.2) is 24.3 Å². The summed E-state index contributed by atoms with van der Waals surface area (Å²) >= 11 is 0. The Bertz CT molecular complexity index is 451. The lowest BCUT2D eigenvalue weighted by atomic mass is 10.0. The van der Waals surface area contributed by atoms with Gasteiger partial charge >= 0.3 is 0 Å². The van der Waals surface area contributed by atoms with E-state index in [1.807, 2.05) is 31.2 Å². The Hall–Kier alpha value is -1.10. The van der Waals surface area contributed by atoms with Gasteiger partial charge in [0.25, 0.3) is 0 Å². The third-order valence-corrected chi connectivity index (χ3v) is 3.70. The topological polar surface area (TPSA) is 75.4 Å². The highest BCUT2D eigenvalue weighted by atomic mass is 35.5. The molecule has 0 bridgehead atoms. The normalized spacial score (nSPS) is 24.0. The van der Waals surface area contributed by atoms with Crippen molar-refractivity contribution in [3.63, 3.8) is 0 Å². The van der Waals surface area contributed by atoms with Crippen LogP contribution in [0.2, 0.25) is 0 Å². The van der Waals surface area contributed by atoms with Gasteiger partial charge < -0.3 is 16.2 Å². The Morgan fingerprint density at radius 3 is 2.68 bits per heavy atom. The number of aliphatic hydroxyl groups is 1. The monoisotopic (exact) mass is 284 g/mol. The van der Waals surface area contributed by atoms with E-state index < -0.39 is 6.10 Å². The summed E-state index contributed by atoms with van der Waals surface area (Å²) in [5.74, 6) is -0.365. The van der Waals surface area contributed by atoms with E-state index in [1.165, 1.54) is 0 Å². The summed E-state index contributed by atoms with van der Waals surface area (Å²) in [5, 5.41) is 12.9. The molecule has 1 aliphatic rings. The quantitative estimate of drug-likeness (QED) is 0.780. The number of halogens is 1. The second kappa shape index (κ2) is 6.37. The molecule has 4 nitrogen and oxygen atoms in total. The van der Waals surface area contributed by atoms with Crippen LogP contribution in [0.25, 0.3) is 0 Å². The predicted octanol–water partition coefficient (Wildman–Crippen LogP) is 1.17. The molecule has 19 heavy (non-hydrogen) atoms. The summed E-state index contributed by atoms with van der Waals surface area (Å²) in [4.78, 5) is 12.0. The molecule has 1 aromatic carbocycles. The Kier molecular flexibility index (Phi) is 5.35. The van der Waals surface area contributed by atoms with Crippen LogP contribution >= 0.6 is 12.4 Å². The fraction of sp³-hybridized carbons (Fsp3) is 0.500. The first kappa shape index (κ1) is 16.0. The standard InChI is InChI=1S/C14H20N2O2.ClH/c1-8(9(2)15)14(18)16-13-11-6-4-3-5-10(11)7-12(13)17;/h3-6,8-9,12-13,17H,7,15H2,1-2H3,(H,16,18);1H/t8?,9?,12-,13+;/m1./s1. The zero-order valence-electron chi connectivity index (χ0n) is 11.2. The molecular weight excluding hydrogens is 264 g/mol. The van der Waals surface area contributed by atoms with Crippen molar-refractivity contribution in [2.45, 2.75) is 38.5 Å². The first-order valence-electron chi connectivity index (χ1n) is 6.32. The molecule has 1 aliphatic carbocycles. The number of carbonyl (C=O) groups is 1. The van der Waals surface area contributed by atoms with Crippen LogP contribution in [-0.4, -0.2) is 23.2 Å². The molecule has 0 aliphatic heterocycles. The molecule has 0 heterocycles. The van der Waals surface area contributed by atoms with Gasteiger partial charge in [-0.15, -0.1) is 12.4 Å². The summed E-state index contributed by atoms with van der Waals surface area (Å²) < 4.78 is 0. The van der Waals surface area contributed by atoms with Crippen LogP contribution < -0.4 is 11.1 Å². The van der Waals surface area contributed by atoms with E-state index >= 15 is 0 Å². The molecule has 1 aromatic rings. The minimum Gasteiger partial charge on any atom is -0.390 e. The molecule has 0 fully saturated rings. The Morgan fingerprint density at radius 2 is 2.05 bits per heavy atom. The number of nitrogens with one attached hydrogen (secondary N) is 1. The molecule has 2 rings (SSSR count). The maximum absolute atomic E-state index is 12.0. The van der Waals surface area contributed by atoms with Gasteiger partial charge in [0.2, 0.25) is 5.91 Å². The second-order valence-corrected chi connectivity index (χ2v) is 5.10. The summed E-state index contributed by atoms with van der Waals surface area (Å²) in [6.45, 7) is 3.61. The highest BCUT2D eigenvalue weighted by molar-refractivity contribution is 5.85. The minimum absolute atomic E-state index is 0. The average Bonchev–Trinajstić information content (AvgIpc) is 2.65. The molecule has 106 valence electrons. The van der Waals surface area contributed by atoms with E-state index in [0.29, 0.717) is 6.42 Å². The van der Waals surface area contributed by atoms with Crippen LogP contribution in [0.4, 0.5) is 0 Å². The Morgan fingerprint density at radius 1 is 1.42 bits per heavy atom. The molecule has 0 saturated heterocycles. The van der Waals surface area contributed by atoms with Gasteiger partial charge in [0.15, 0.2) is 0 Å². The molecule has 1 amide bonds. The van der Waals surface area contributed by atoms with Crippen molar-refractivity contribution in [1.82, 2.24) is 5.32 Å². The number of benzene rings is 1. The Balaban J connectivity index is 0.00000180. The SMILES string of the molecule is CC(N)C(C)C(=O)N[C@H]1c2ccccc2C[C@H]1O.Cl. The number of hydrogen-bond donors (Lipinski definition) is 3. The predicted molar refractivity (Wildman–Crippen MR) is 77.1 cm³/mol. The minimum atomic E-state index is -0.549. The number of hydrogen-bond acceptors (Lipinski definition) is 3. The highest BCUT2D eigenvalue weighted by Gasteiger charge is 2.33. The zero-order valence-corrected chi connectivity index (χ0v) is 12.0. The lowest BCUT2D eigenvalue weighted by molar-refractivity contribution is -0.126. The molecule has 5 heteroatoms. The van der Waals surface area contributed by atoms with E-state index in [4.69, 9.17) is 5.73 Å². The largest absolute Gasteiger partial charge is 0.390 e. The fourth-order valence-corrected chi connectivity index (χ4v) is 2.27. The zero-order chi connectivity index (χ0) is 13.3. The van der Waals surface area contributed by atoms with Gasteiger partial charge in [-0.25, -0.2) is 0 Å². The van der Waals surface area contributed by atoms with Crippen molar-refractivity contribution in [2.75, 3.05) is 0 Å². The highest BCUT2D eigenvalue weighted by Crippen LogP contribution is 2.31. The number of carbonyl (C=O) groups excluding carboxylic acids is 1. The molecule has 0 radical (unpaired) electrons. The average molecular weight is 285 g/mol. The van der Waals surface area contributed by atoms with Crippen molar-refractivity contribution in [3.05, 3.63) is 35.4 Å². The van der Waals surface area contributed by atoms with Gasteiger partial charge in [-0.1, -0.05) is 31.2 Å². The molecule has 2 unspecified atom stereocenters. The fourth-order valence-electron chi connectivity index (χ4n) is 2.27. The van der Waals surface area contributed by atoms with Crippen molar-refractivity contribution in [1.29, 1.82) is 0 Å². The molecule has 0 aromatic heterocycles. The number of rotatable bonds is 3. The molecule has 4 atom stereocenters. The molecular formula is C14H21ClN2O2. The van der Waals surface area contributed by atoms with Gasteiger partial charge in [-0.2, -0.15) is 0 Å². The van der Waals surface area contributed by atoms with E-state index in [-0.39, 0.29) is 36.3 Å². The lowest BCUT2D eigenvalue weighted by Crippen LogP contribution is -2.42. The maximum atomic E-state index is 12.0. The lowest BCUT2D eigenvalue weighted by Gasteiger charge is -2.22. The van der Waals surface area contributed by atoms with Gasteiger partial charge in [0.1, 0.15) is 0 Å². The summed E-state index contributed by atoms with van der Waals surface area (Å²) in [7, 11) is 0. The number of aliphatic hydroxyl groups excluding tert-OH is 1. The van der Waals surface area contributed by atoms with Crippen LogP contribution in [0, 0.1) is 5.92 Å². The van der Waals surface area contributed by atoms with Gasteiger partial charge in [-0.3, -0.25) is 4.79 Å². The van der Waals surface area contributed by atoms with Crippen molar-refractivity contribution in [3.8, 4) is 0 Å². The van der Waals surface area contributed by atoms with Crippen molar-refractivity contribution < 1.29 is 9.90 Å². The van der Waals surface area contributed by atoms with Crippen LogP contribution in [-0.2, 0) is 11.2 Å². The van der Waals surface area contributed by atoms with Gasteiger partial charge in [-0.05, 0) is 18.1 Å². The van der Waals surface area contributed by atoms with Crippen LogP contribution in [0.3, 0.4) is 0 Å². The first-order chi connectivity index (χ1) is 8.50. The second-order valence-electron chi connectivity index (χ2n) is 5.10. The number of nitrogens with two attached hydrogens (primary N) is 1. The summed E-state index contributed by atoms with van der Waals surface area (Å²) in [6, 6.07) is 7.30. The molecule has 4 N–H and O–H groups in total.